The third-order valence-electron chi connectivity index (χ3n) is 3.72. The van der Waals surface area contributed by atoms with Gasteiger partial charge in [-0.1, -0.05) is 36.0 Å². The van der Waals surface area contributed by atoms with Crippen LogP contribution in [0.4, 0.5) is 0 Å². The molecule has 3 atom stereocenters. The Bertz CT molecular complexity index is 489. The van der Waals surface area contributed by atoms with Gasteiger partial charge >= 0.3 is 0 Å². The standard InChI is InChI=1S/C15H19Cl2NO3/c16-10-5-9(6-11(17)7-10)14(20)8-15(21)18-12-3-1-2-4-13(12)19/h5-7,12-14,19-20H,1-4,8H2,(H,18,21). The molecule has 0 bridgehead atoms. The average molecular weight is 332 g/mol. The highest BCUT2D eigenvalue weighted by Crippen LogP contribution is 2.25. The minimum atomic E-state index is -0.970. The van der Waals surface area contributed by atoms with Crippen LogP contribution >= 0.6 is 23.2 Å². The summed E-state index contributed by atoms with van der Waals surface area (Å²) < 4.78 is 0. The summed E-state index contributed by atoms with van der Waals surface area (Å²) >= 11 is 11.8. The molecule has 3 unspecified atom stereocenters. The van der Waals surface area contributed by atoms with E-state index in [4.69, 9.17) is 23.2 Å². The normalized spacial score (nSPS) is 23.6. The van der Waals surface area contributed by atoms with Crippen molar-refractivity contribution in [1.29, 1.82) is 0 Å². The highest BCUT2D eigenvalue weighted by atomic mass is 35.5. The quantitative estimate of drug-likeness (QED) is 0.794. The van der Waals surface area contributed by atoms with Crippen molar-refractivity contribution < 1.29 is 15.0 Å². The van der Waals surface area contributed by atoms with Gasteiger partial charge in [0.1, 0.15) is 0 Å². The summed E-state index contributed by atoms with van der Waals surface area (Å²) in [6.07, 6.45) is 1.90. The summed E-state index contributed by atoms with van der Waals surface area (Å²) in [6, 6.07) is 4.51. The number of aliphatic hydroxyl groups is 2. The maximum Gasteiger partial charge on any atom is 0.223 e. The van der Waals surface area contributed by atoms with Crippen molar-refractivity contribution in [2.75, 3.05) is 0 Å². The van der Waals surface area contributed by atoms with Gasteiger partial charge in [-0.25, -0.2) is 0 Å². The van der Waals surface area contributed by atoms with E-state index in [1.165, 1.54) is 0 Å². The Labute approximate surface area is 134 Å². The van der Waals surface area contributed by atoms with Crippen LogP contribution in [0.2, 0.25) is 10.0 Å². The molecule has 0 heterocycles. The summed E-state index contributed by atoms with van der Waals surface area (Å²) in [6.45, 7) is 0. The number of hydrogen-bond donors (Lipinski definition) is 3. The molecule has 21 heavy (non-hydrogen) atoms. The van der Waals surface area contributed by atoms with E-state index in [9.17, 15) is 15.0 Å². The van der Waals surface area contributed by atoms with Crippen LogP contribution < -0.4 is 5.32 Å². The summed E-state index contributed by atoms with van der Waals surface area (Å²) in [4.78, 5) is 12.0. The molecule has 3 N–H and O–H groups in total. The van der Waals surface area contributed by atoms with Gasteiger partial charge < -0.3 is 15.5 Å². The molecule has 6 heteroatoms. The van der Waals surface area contributed by atoms with Crippen molar-refractivity contribution >= 4 is 29.1 Å². The summed E-state index contributed by atoms with van der Waals surface area (Å²) in [5, 5.41) is 23.5. The Morgan fingerprint density at radius 3 is 2.48 bits per heavy atom. The van der Waals surface area contributed by atoms with E-state index in [-0.39, 0.29) is 18.4 Å². The van der Waals surface area contributed by atoms with Crippen molar-refractivity contribution in [3.63, 3.8) is 0 Å². The first-order valence-electron chi connectivity index (χ1n) is 7.07. The van der Waals surface area contributed by atoms with E-state index < -0.39 is 12.2 Å². The SMILES string of the molecule is O=C(CC(O)c1cc(Cl)cc(Cl)c1)NC1CCCCC1O. The number of benzene rings is 1. The molecule has 1 aromatic rings. The Hall–Kier alpha value is -0.810. The monoisotopic (exact) mass is 331 g/mol. The van der Waals surface area contributed by atoms with Crippen LogP contribution in [0.25, 0.3) is 0 Å². The van der Waals surface area contributed by atoms with Gasteiger partial charge in [0.15, 0.2) is 0 Å². The molecule has 0 saturated heterocycles. The number of halogens is 2. The molecule has 0 aliphatic heterocycles. The van der Waals surface area contributed by atoms with Crippen LogP contribution in [0.1, 0.15) is 43.8 Å². The largest absolute Gasteiger partial charge is 0.391 e. The average Bonchev–Trinajstić information content (AvgIpc) is 2.40. The summed E-state index contributed by atoms with van der Waals surface area (Å²) in [5.41, 5.74) is 0.506. The first-order chi connectivity index (χ1) is 9.95. The van der Waals surface area contributed by atoms with Crippen LogP contribution in [0.5, 0.6) is 0 Å². The number of aliphatic hydroxyl groups excluding tert-OH is 2. The fourth-order valence-corrected chi connectivity index (χ4v) is 3.15. The Kier molecular flexibility index (Phi) is 5.88. The molecular weight excluding hydrogens is 313 g/mol. The van der Waals surface area contributed by atoms with E-state index >= 15 is 0 Å². The van der Waals surface area contributed by atoms with Crippen LogP contribution in [0.15, 0.2) is 18.2 Å². The second-order valence-corrected chi connectivity index (χ2v) is 6.32. The molecule has 1 aromatic carbocycles. The van der Waals surface area contributed by atoms with Crippen LogP contribution in [-0.2, 0) is 4.79 Å². The minimum Gasteiger partial charge on any atom is -0.391 e. The molecule has 4 nitrogen and oxygen atoms in total. The summed E-state index contributed by atoms with van der Waals surface area (Å²) in [7, 11) is 0. The molecular formula is C15H19Cl2NO3. The van der Waals surface area contributed by atoms with Gasteiger partial charge in [0.05, 0.1) is 24.7 Å². The highest BCUT2D eigenvalue weighted by molar-refractivity contribution is 6.34. The molecule has 0 spiro atoms. The molecule has 1 saturated carbocycles. The number of carbonyl (C=O) groups is 1. The molecule has 1 aliphatic rings. The van der Waals surface area contributed by atoms with Gasteiger partial charge in [0.2, 0.25) is 5.91 Å². The fraction of sp³-hybridized carbons (Fsp3) is 0.533. The number of hydrogen-bond acceptors (Lipinski definition) is 3. The van der Waals surface area contributed by atoms with Gasteiger partial charge in [-0.05, 0) is 36.6 Å². The summed E-state index contributed by atoms with van der Waals surface area (Å²) in [5.74, 6) is -0.287. The third kappa shape index (κ3) is 4.85. The molecule has 2 rings (SSSR count). The van der Waals surface area contributed by atoms with Gasteiger partial charge in [-0.15, -0.1) is 0 Å². The first-order valence-corrected chi connectivity index (χ1v) is 7.83. The number of amides is 1. The van der Waals surface area contributed by atoms with E-state index in [2.05, 4.69) is 5.32 Å². The molecule has 0 radical (unpaired) electrons. The first kappa shape index (κ1) is 16.6. The van der Waals surface area contributed by atoms with Crippen molar-refractivity contribution in [3.8, 4) is 0 Å². The second kappa shape index (κ2) is 7.45. The number of nitrogens with one attached hydrogen (secondary N) is 1. The predicted molar refractivity (Wildman–Crippen MR) is 82.4 cm³/mol. The second-order valence-electron chi connectivity index (χ2n) is 5.45. The highest BCUT2D eigenvalue weighted by Gasteiger charge is 2.25. The topological polar surface area (TPSA) is 69.6 Å². The van der Waals surface area contributed by atoms with Crippen LogP contribution in [0.3, 0.4) is 0 Å². The maximum absolute atomic E-state index is 12.0. The molecule has 1 fully saturated rings. The fourth-order valence-electron chi connectivity index (χ4n) is 2.61. The van der Waals surface area contributed by atoms with Crippen LogP contribution in [-0.4, -0.2) is 28.3 Å². The zero-order chi connectivity index (χ0) is 15.4. The lowest BCUT2D eigenvalue weighted by Crippen LogP contribution is -2.45. The van der Waals surface area contributed by atoms with E-state index in [1.54, 1.807) is 18.2 Å². The maximum atomic E-state index is 12.0. The predicted octanol–water partition coefficient (Wildman–Crippen LogP) is 2.84. The zero-order valence-electron chi connectivity index (χ0n) is 11.6. The molecule has 1 aliphatic carbocycles. The van der Waals surface area contributed by atoms with E-state index in [0.29, 0.717) is 22.0 Å². The van der Waals surface area contributed by atoms with Crippen molar-refractivity contribution in [3.05, 3.63) is 33.8 Å². The van der Waals surface area contributed by atoms with Crippen LogP contribution in [0, 0.1) is 0 Å². The van der Waals surface area contributed by atoms with E-state index in [1.807, 2.05) is 0 Å². The Balaban J connectivity index is 1.92. The smallest absolute Gasteiger partial charge is 0.223 e. The van der Waals surface area contributed by atoms with Gasteiger partial charge in [-0.3, -0.25) is 4.79 Å². The van der Waals surface area contributed by atoms with Crippen molar-refractivity contribution in [2.24, 2.45) is 0 Å². The van der Waals surface area contributed by atoms with Gasteiger partial charge in [0.25, 0.3) is 0 Å². The Morgan fingerprint density at radius 1 is 1.24 bits per heavy atom. The van der Waals surface area contributed by atoms with Gasteiger partial charge in [0, 0.05) is 10.0 Å². The minimum absolute atomic E-state index is 0.0834. The van der Waals surface area contributed by atoms with Crippen molar-refractivity contribution in [2.45, 2.75) is 50.4 Å². The Morgan fingerprint density at radius 2 is 1.86 bits per heavy atom. The van der Waals surface area contributed by atoms with Gasteiger partial charge in [-0.2, -0.15) is 0 Å². The molecule has 1 amide bonds. The zero-order valence-corrected chi connectivity index (χ0v) is 13.1. The molecule has 116 valence electrons. The number of rotatable bonds is 4. The molecule has 0 aromatic heterocycles. The lowest BCUT2D eigenvalue weighted by molar-refractivity contribution is -0.125. The lowest BCUT2D eigenvalue weighted by atomic mass is 9.92. The lowest BCUT2D eigenvalue weighted by Gasteiger charge is -2.28. The van der Waals surface area contributed by atoms with E-state index in [0.717, 1.165) is 19.3 Å². The van der Waals surface area contributed by atoms with Crippen molar-refractivity contribution in [1.82, 2.24) is 5.32 Å². The third-order valence-corrected chi connectivity index (χ3v) is 4.16. The number of carbonyl (C=O) groups excluding carboxylic acids is 1.